The van der Waals surface area contributed by atoms with Crippen LogP contribution in [0.3, 0.4) is 0 Å². The number of likely N-dealkylation sites (tertiary alicyclic amines) is 2. The lowest BCUT2D eigenvalue weighted by Gasteiger charge is -2.37. The van der Waals surface area contributed by atoms with Gasteiger partial charge in [0.05, 0.1) is 0 Å². The van der Waals surface area contributed by atoms with E-state index in [1.165, 1.54) is 0 Å². The molecule has 0 bridgehead atoms. The van der Waals surface area contributed by atoms with E-state index in [2.05, 4.69) is 13.8 Å². The Morgan fingerprint density at radius 2 is 1.67 bits per heavy atom. The van der Waals surface area contributed by atoms with Crippen LogP contribution in [0.2, 0.25) is 0 Å². The highest BCUT2D eigenvalue weighted by atomic mass is 16.3. The molecule has 2 aliphatic rings. The van der Waals surface area contributed by atoms with E-state index in [0.29, 0.717) is 25.9 Å². The van der Waals surface area contributed by atoms with Gasteiger partial charge in [-0.15, -0.1) is 0 Å². The van der Waals surface area contributed by atoms with Crippen molar-refractivity contribution >= 4 is 11.8 Å². The molecule has 0 saturated carbocycles. The Balaban J connectivity index is 1.78. The van der Waals surface area contributed by atoms with Crippen molar-refractivity contribution in [2.24, 2.45) is 11.8 Å². The van der Waals surface area contributed by atoms with Crippen LogP contribution in [0.4, 0.5) is 0 Å². The predicted molar refractivity (Wildman–Crippen MR) is 94.3 cm³/mol. The van der Waals surface area contributed by atoms with Gasteiger partial charge in [-0.1, -0.05) is 32.4 Å². The number of hydrogen-bond acceptors (Lipinski definition) is 3. The van der Waals surface area contributed by atoms with Crippen molar-refractivity contribution in [1.29, 1.82) is 0 Å². The van der Waals surface area contributed by atoms with Gasteiger partial charge < -0.3 is 14.9 Å². The molecular weight excluding hydrogens is 304 g/mol. The Bertz CT molecular complexity index is 448. The third-order valence-corrected chi connectivity index (χ3v) is 5.28. The van der Waals surface area contributed by atoms with E-state index in [0.717, 1.165) is 44.7 Å². The fourth-order valence-electron chi connectivity index (χ4n) is 3.50. The first kappa shape index (κ1) is 19.0. The van der Waals surface area contributed by atoms with E-state index in [1.54, 1.807) is 11.0 Å². The highest BCUT2D eigenvalue weighted by molar-refractivity contribution is 5.83. The molecule has 0 aliphatic carbocycles. The first-order valence-electron chi connectivity index (χ1n) is 9.45. The molecule has 2 rings (SSSR count). The second-order valence-corrected chi connectivity index (χ2v) is 7.27. The summed E-state index contributed by atoms with van der Waals surface area (Å²) >= 11 is 0. The summed E-state index contributed by atoms with van der Waals surface area (Å²) in [7, 11) is 0. The van der Waals surface area contributed by atoms with Crippen LogP contribution in [0, 0.1) is 11.8 Å². The molecule has 2 saturated heterocycles. The average molecular weight is 336 g/mol. The zero-order valence-corrected chi connectivity index (χ0v) is 15.1. The SMILES string of the molecule is CCC/C=C/C(O)C(=O)N1CCC(C(=O)N2CCC(C)CC2)CC1. The van der Waals surface area contributed by atoms with Gasteiger partial charge in [0, 0.05) is 32.1 Å². The van der Waals surface area contributed by atoms with Crippen molar-refractivity contribution in [2.75, 3.05) is 26.2 Å². The molecule has 5 heteroatoms. The molecule has 0 spiro atoms. The molecule has 1 atom stereocenters. The second kappa shape index (κ2) is 9.21. The van der Waals surface area contributed by atoms with E-state index in [1.807, 2.05) is 11.0 Å². The van der Waals surface area contributed by atoms with Crippen LogP contribution in [-0.2, 0) is 9.59 Å². The monoisotopic (exact) mass is 336 g/mol. The van der Waals surface area contributed by atoms with Gasteiger partial charge in [-0.25, -0.2) is 0 Å². The van der Waals surface area contributed by atoms with Crippen molar-refractivity contribution in [3.8, 4) is 0 Å². The molecule has 0 radical (unpaired) electrons. The van der Waals surface area contributed by atoms with Crippen LogP contribution < -0.4 is 0 Å². The highest BCUT2D eigenvalue weighted by Crippen LogP contribution is 2.24. The number of carbonyl (C=O) groups is 2. The number of allylic oxidation sites excluding steroid dienone is 1. The number of hydrogen-bond donors (Lipinski definition) is 1. The molecule has 1 unspecified atom stereocenters. The number of nitrogens with zero attached hydrogens (tertiary/aromatic N) is 2. The largest absolute Gasteiger partial charge is 0.379 e. The van der Waals surface area contributed by atoms with Gasteiger partial charge in [-0.2, -0.15) is 0 Å². The van der Waals surface area contributed by atoms with Gasteiger partial charge >= 0.3 is 0 Å². The predicted octanol–water partition coefficient (Wildman–Crippen LogP) is 2.20. The van der Waals surface area contributed by atoms with Crippen molar-refractivity contribution in [1.82, 2.24) is 9.80 Å². The normalized spacial score (nSPS) is 22.1. The van der Waals surface area contributed by atoms with Crippen LogP contribution in [0.15, 0.2) is 12.2 Å². The van der Waals surface area contributed by atoms with Gasteiger partial charge in [-0.05, 0) is 38.0 Å². The van der Waals surface area contributed by atoms with Crippen molar-refractivity contribution in [3.05, 3.63) is 12.2 Å². The van der Waals surface area contributed by atoms with E-state index < -0.39 is 6.10 Å². The molecule has 0 aromatic heterocycles. The average Bonchev–Trinajstić information content (AvgIpc) is 2.61. The summed E-state index contributed by atoms with van der Waals surface area (Å²) in [5.74, 6) is 0.781. The lowest BCUT2D eigenvalue weighted by Crippen LogP contribution is -2.48. The van der Waals surface area contributed by atoms with E-state index in [9.17, 15) is 14.7 Å². The van der Waals surface area contributed by atoms with Crippen LogP contribution in [0.25, 0.3) is 0 Å². The highest BCUT2D eigenvalue weighted by Gasteiger charge is 2.32. The molecule has 2 amide bonds. The molecule has 136 valence electrons. The third-order valence-electron chi connectivity index (χ3n) is 5.28. The zero-order valence-electron chi connectivity index (χ0n) is 15.1. The first-order valence-corrected chi connectivity index (χ1v) is 9.45. The molecule has 0 aromatic rings. The summed E-state index contributed by atoms with van der Waals surface area (Å²) in [6.07, 6.45) is 7.87. The summed E-state index contributed by atoms with van der Waals surface area (Å²) in [6, 6.07) is 0. The Morgan fingerprint density at radius 1 is 1.08 bits per heavy atom. The zero-order chi connectivity index (χ0) is 17.5. The molecule has 24 heavy (non-hydrogen) atoms. The maximum atomic E-state index is 12.6. The van der Waals surface area contributed by atoms with Gasteiger partial charge in [-0.3, -0.25) is 9.59 Å². The van der Waals surface area contributed by atoms with Crippen LogP contribution in [-0.4, -0.2) is 59.0 Å². The van der Waals surface area contributed by atoms with E-state index in [-0.39, 0.29) is 17.7 Å². The van der Waals surface area contributed by atoms with Crippen molar-refractivity contribution < 1.29 is 14.7 Å². The minimum absolute atomic E-state index is 0.0373. The van der Waals surface area contributed by atoms with Crippen LogP contribution >= 0.6 is 0 Å². The Kier molecular flexibility index (Phi) is 7.28. The smallest absolute Gasteiger partial charge is 0.255 e. The van der Waals surface area contributed by atoms with Crippen molar-refractivity contribution in [3.63, 3.8) is 0 Å². The summed E-state index contributed by atoms with van der Waals surface area (Å²) < 4.78 is 0. The number of carbonyl (C=O) groups excluding carboxylic acids is 2. The summed E-state index contributed by atoms with van der Waals surface area (Å²) in [5, 5.41) is 9.95. The molecule has 2 heterocycles. The summed E-state index contributed by atoms with van der Waals surface area (Å²) in [4.78, 5) is 28.5. The maximum absolute atomic E-state index is 12.6. The van der Waals surface area contributed by atoms with Gasteiger partial charge in [0.1, 0.15) is 0 Å². The molecule has 5 nitrogen and oxygen atoms in total. The maximum Gasteiger partial charge on any atom is 0.255 e. The molecule has 1 N–H and O–H groups in total. The van der Waals surface area contributed by atoms with Gasteiger partial charge in [0.2, 0.25) is 5.91 Å². The fraction of sp³-hybridized carbons (Fsp3) is 0.789. The summed E-state index contributed by atoms with van der Waals surface area (Å²) in [5.41, 5.74) is 0. The third kappa shape index (κ3) is 5.07. The number of amides is 2. The summed E-state index contributed by atoms with van der Waals surface area (Å²) in [6.45, 7) is 7.19. The molecular formula is C19H32N2O3. The Morgan fingerprint density at radius 3 is 2.25 bits per heavy atom. The number of rotatable bonds is 5. The Labute approximate surface area is 145 Å². The van der Waals surface area contributed by atoms with Crippen LogP contribution in [0.1, 0.15) is 52.4 Å². The number of aliphatic hydroxyl groups is 1. The van der Waals surface area contributed by atoms with E-state index in [4.69, 9.17) is 0 Å². The second-order valence-electron chi connectivity index (χ2n) is 7.27. The minimum Gasteiger partial charge on any atom is -0.379 e. The van der Waals surface area contributed by atoms with Crippen molar-refractivity contribution in [2.45, 2.75) is 58.5 Å². The lowest BCUT2D eigenvalue weighted by atomic mass is 9.92. The topological polar surface area (TPSA) is 60.9 Å². The molecule has 2 aliphatic heterocycles. The Hall–Kier alpha value is -1.36. The first-order chi connectivity index (χ1) is 11.5. The number of unbranched alkanes of at least 4 members (excludes halogenated alkanes) is 1. The quantitative estimate of drug-likeness (QED) is 0.783. The van der Waals surface area contributed by atoms with E-state index >= 15 is 0 Å². The lowest BCUT2D eigenvalue weighted by molar-refractivity contribution is -0.144. The van der Waals surface area contributed by atoms with Gasteiger partial charge in [0.25, 0.3) is 5.91 Å². The number of piperidine rings is 2. The fourth-order valence-corrected chi connectivity index (χ4v) is 3.50. The van der Waals surface area contributed by atoms with Gasteiger partial charge in [0.15, 0.2) is 6.10 Å². The minimum atomic E-state index is -1.05. The number of aliphatic hydroxyl groups excluding tert-OH is 1. The molecule has 2 fully saturated rings. The standard InChI is InChI=1S/C19H32N2O3/c1-3-4-5-6-17(22)19(24)21-13-9-16(10-14-21)18(23)20-11-7-15(2)8-12-20/h5-6,15-17,22H,3-4,7-14H2,1-2H3/b6-5+. The van der Waals surface area contributed by atoms with Crippen LogP contribution in [0.5, 0.6) is 0 Å². The molecule has 0 aromatic carbocycles.